The van der Waals surface area contributed by atoms with Gasteiger partial charge in [0.15, 0.2) is 6.29 Å². The van der Waals surface area contributed by atoms with E-state index in [-0.39, 0.29) is 0 Å². The fourth-order valence-electron chi connectivity index (χ4n) is 1.78. The molecule has 0 unspecified atom stereocenters. The van der Waals surface area contributed by atoms with Crippen LogP contribution in [0, 0.1) is 0 Å². The molecule has 0 aliphatic carbocycles. The Bertz CT molecular complexity index is 485. The molecule has 0 atom stereocenters. The maximum Gasteiger partial charge on any atom is 0.166 e. The van der Waals surface area contributed by atoms with E-state index in [1.807, 2.05) is 22.8 Å². The van der Waals surface area contributed by atoms with E-state index in [0.717, 1.165) is 28.6 Å². The highest BCUT2D eigenvalue weighted by Gasteiger charge is 2.12. The molecule has 4 heteroatoms. The molecular formula is C12H12BrNO2. The van der Waals surface area contributed by atoms with Crippen molar-refractivity contribution in [2.24, 2.45) is 0 Å². The van der Waals surface area contributed by atoms with Gasteiger partial charge in [0.1, 0.15) is 5.76 Å². The molecule has 84 valence electrons. The molecule has 0 saturated carbocycles. The van der Waals surface area contributed by atoms with Crippen LogP contribution in [0.5, 0.6) is 0 Å². The molecular weight excluding hydrogens is 270 g/mol. The zero-order chi connectivity index (χ0) is 11.5. The van der Waals surface area contributed by atoms with Crippen LogP contribution in [-0.4, -0.2) is 10.9 Å². The highest BCUT2D eigenvalue weighted by atomic mass is 79.9. The van der Waals surface area contributed by atoms with E-state index in [9.17, 15) is 4.79 Å². The van der Waals surface area contributed by atoms with Gasteiger partial charge in [0.2, 0.25) is 0 Å². The first-order valence-electron chi connectivity index (χ1n) is 5.11. The minimum atomic E-state index is 0.593. The summed E-state index contributed by atoms with van der Waals surface area (Å²) < 4.78 is 8.24. The lowest BCUT2D eigenvalue weighted by atomic mass is 10.3. The molecule has 2 aromatic rings. The molecule has 0 aliphatic heterocycles. The Kier molecular flexibility index (Phi) is 3.29. The Hall–Kier alpha value is -1.29. The molecule has 0 N–H and O–H groups in total. The molecule has 0 bridgehead atoms. The minimum absolute atomic E-state index is 0.593. The molecule has 3 nitrogen and oxygen atoms in total. The Balaban J connectivity index is 2.41. The third-order valence-corrected chi connectivity index (χ3v) is 3.22. The van der Waals surface area contributed by atoms with E-state index in [2.05, 4.69) is 22.9 Å². The monoisotopic (exact) mass is 281 g/mol. The Morgan fingerprint density at radius 2 is 2.38 bits per heavy atom. The van der Waals surface area contributed by atoms with Crippen molar-refractivity contribution in [2.45, 2.75) is 19.9 Å². The first-order chi connectivity index (χ1) is 7.76. The van der Waals surface area contributed by atoms with Crippen molar-refractivity contribution >= 4 is 22.2 Å². The van der Waals surface area contributed by atoms with E-state index in [1.54, 1.807) is 6.26 Å². The lowest BCUT2D eigenvalue weighted by molar-refractivity contribution is 0.111. The maximum absolute atomic E-state index is 11.0. The average Bonchev–Trinajstić information content (AvgIpc) is 2.87. The molecule has 0 fully saturated rings. The predicted octanol–water partition coefficient (Wildman–Crippen LogP) is 3.27. The summed E-state index contributed by atoms with van der Waals surface area (Å²) in [6.45, 7) is 2.66. The van der Waals surface area contributed by atoms with Crippen LogP contribution in [0.1, 0.15) is 28.9 Å². The van der Waals surface area contributed by atoms with Crippen LogP contribution in [0.4, 0.5) is 0 Å². The van der Waals surface area contributed by atoms with Crippen molar-refractivity contribution in [1.29, 1.82) is 0 Å². The quantitative estimate of drug-likeness (QED) is 0.807. The number of halogens is 1. The van der Waals surface area contributed by atoms with Gasteiger partial charge in [-0.1, -0.05) is 6.92 Å². The summed E-state index contributed by atoms with van der Waals surface area (Å²) in [4.78, 5) is 11.0. The normalized spacial score (nSPS) is 10.6. The van der Waals surface area contributed by atoms with Crippen molar-refractivity contribution in [2.75, 3.05) is 0 Å². The van der Waals surface area contributed by atoms with Gasteiger partial charge >= 0.3 is 0 Å². The van der Waals surface area contributed by atoms with E-state index in [1.165, 1.54) is 0 Å². The van der Waals surface area contributed by atoms with Crippen molar-refractivity contribution in [1.82, 2.24) is 4.57 Å². The SMILES string of the molecule is CCc1c(Br)cc(C=O)n1Cc1ccco1. The number of hydrogen-bond donors (Lipinski definition) is 0. The van der Waals surface area contributed by atoms with Crippen LogP contribution in [0.2, 0.25) is 0 Å². The van der Waals surface area contributed by atoms with Gasteiger partial charge in [-0.2, -0.15) is 0 Å². The average molecular weight is 282 g/mol. The van der Waals surface area contributed by atoms with Gasteiger partial charge < -0.3 is 8.98 Å². The summed E-state index contributed by atoms with van der Waals surface area (Å²) in [5, 5.41) is 0. The van der Waals surface area contributed by atoms with Gasteiger partial charge in [-0.15, -0.1) is 0 Å². The van der Waals surface area contributed by atoms with Gasteiger partial charge in [-0.25, -0.2) is 0 Å². The van der Waals surface area contributed by atoms with Gasteiger partial charge in [0, 0.05) is 10.2 Å². The molecule has 0 radical (unpaired) electrons. The number of carbonyl (C=O) groups excluding carboxylic acids is 1. The van der Waals surface area contributed by atoms with Gasteiger partial charge in [-0.3, -0.25) is 4.79 Å². The van der Waals surface area contributed by atoms with Gasteiger partial charge in [0.25, 0.3) is 0 Å². The Labute approximate surface area is 102 Å². The number of hydrogen-bond acceptors (Lipinski definition) is 2. The maximum atomic E-state index is 11.0. The predicted molar refractivity (Wildman–Crippen MR) is 64.7 cm³/mol. The molecule has 0 amide bonds. The number of rotatable bonds is 4. The number of carbonyl (C=O) groups is 1. The summed E-state index contributed by atoms with van der Waals surface area (Å²) in [6.07, 6.45) is 3.38. The zero-order valence-corrected chi connectivity index (χ0v) is 10.5. The fourth-order valence-corrected chi connectivity index (χ4v) is 2.51. The smallest absolute Gasteiger partial charge is 0.166 e. The van der Waals surface area contributed by atoms with E-state index >= 15 is 0 Å². The van der Waals surface area contributed by atoms with Crippen molar-refractivity contribution in [3.8, 4) is 0 Å². The molecule has 2 aromatic heterocycles. The topological polar surface area (TPSA) is 35.1 Å². The third kappa shape index (κ3) is 1.97. The van der Waals surface area contributed by atoms with E-state index < -0.39 is 0 Å². The van der Waals surface area contributed by atoms with Crippen molar-refractivity contribution in [3.63, 3.8) is 0 Å². The van der Waals surface area contributed by atoms with Crippen LogP contribution in [0.15, 0.2) is 33.4 Å². The highest BCUT2D eigenvalue weighted by Crippen LogP contribution is 2.23. The molecule has 2 heterocycles. The first kappa shape index (κ1) is 11.2. The lowest BCUT2D eigenvalue weighted by Crippen LogP contribution is -2.06. The molecule has 0 spiro atoms. The second kappa shape index (κ2) is 4.70. The first-order valence-corrected chi connectivity index (χ1v) is 5.91. The highest BCUT2D eigenvalue weighted by molar-refractivity contribution is 9.10. The summed E-state index contributed by atoms with van der Waals surface area (Å²) >= 11 is 3.46. The second-order valence-corrected chi connectivity index (χ2v) is 4.36. The number of furan rings is 1. The third-order valence-electron chi connectivity index (χ3n) is 2.54. The molecule has 0 aliphatic rings. The lowest BCUT2D eigenvalue weighted by Gasteiger charge is -2.08. The molecule has 0 aromatic carbocycles. The molecule has 16 heavy (non-hydrogen) atoms. The summed E-state index contributed by atoms with van der Waals surface area (Å²) in [6, 6.07) is 5.59. The van der Waals surface area contributed by atoms with Crippen LogP contribution < -0.4 is 0 Å². The second-order valence-electron chi connectivity index (χ2n) is 3.50. The van der Waals surface area contributed by atoms with Crippen LogP contribution >= 0.6 is 15.9 Å². The fraction of sp³-hybridized carbons (Fsp3) is 0.250. The summed E-state index contributed by atoms with van der Waals surface area (Å²) in [5.74, 6) is 0.848. The number of aromatic nitrogens is 1. The Morgan fingerprint density at radius 3 is 2.94 bits per heavy atom. The summed E-state index contributed by atoms with van der Waals surface area (Å²) in [7, 11) is 0. The molecule has 0 saturated heterocycles. The summed E-state index contributed by atoms with van der Waals surface area (Å²) in [5.41, 5.74) is 1.78. The largest absolute Gasteiger partial charge is 0.467 e. The van der Waals surface area contributed by atoms with Crippen molar-refractivity contribution < 1.29 is 9.21 Å². The van der Waals surface area contributed by atoms with Gasteiger partial charge in [0.05, 0.1) is 18.5 Å². The minimum Gasteiger partial charge on any atom is -0.467 e. The zero-order valence-electron chi connectivity index (χ0n) is 8.94. The van der Waals surface area contributed by atoms with Crippen LogP contribution in [0.3, 0.4) is 0 Å². The van der Waals surface area contributed by atoms with E-state index in [4.69, 9.17) is 4.42 Å². The van der Waals surface area contributed by atoms with Crippen LogP contribution in [-0.2, 0) is 13.0 Å². The van der Waals surface area contributed by atoms with Crippen LogP contribution in [0.25, 0.3) is 0 Å². The number of aldehydes is 1. The Morgan fingerprint density at radius 1 is 1.56 bits per heavy atom. The number of nitrogens with zero attached hydrogens (tertiary/aromatic N) is 1. The molecule has 2 rings (SSSR count). The van der Waals surface area contributed by atoms with Gasteiger partial charge in [-0.05, 0) is 40.5 Å². The standard InChI is InChI=1S/C12H12BrNO2/c1-2-12-11(13)6-9(8-15)14(12)7-10-4-3-5-16-10/h3-6,8H,2,7H2,1H3. The van der Waals surface area contributed by atoms with Crippen molar-refractivity contribution in [3.05, 3.63) is 46.1 Å². The van der Waals surface area contributed by atoms with E-state index in [0.29, 0.717) is 12.2 Å².